The Kier molecular flexibility index (Phi) is 4.54. The fourth-order valence-corrected chi connectivity index (χ4v) is 1.46. The van der Waals surface area contributed by atoms with Crippen LogP contribution in [0.5, 0.6) is 11.5 Å². The van der Waals surface area contributed by atoms with E-state index in [2.05, 4.69) is 0 Å². The Morgan fingerprint density at radius 3 is 2.62 bits per heavy atom. The van der Waals surface area contributed by atoms with Crippen LogP contribution in [0.4, 0.5) is 0 Å². The number of phenols is 1. The lowest BCUT2D eigenvalue weighted by Crippen LogP contribution is -2.21. The van der Waals surface area contributed by atoms with Gasteiger partial charge in [0, 0.05) is 18.2 Å². The first-order chi connectivity index (χ1) is 7.63. The number of aromatic hydroxyl groups is 1. The zero-order chi connectivity index (χ0) is 12.1. The predicted molar refractivity (Wildman–Crippen MR) is 61.2 cm³/mol. The molecule has 6 N–H and O–H groups in total. The van der Waals surface area contributed by atoms with Crippen molar-refractivity contribution in [3.05, 3.63) is 23.3 Å². The molecule has 0 spiro atoms. The van der Waals surface area contributed by atoms with Gasteiger partial charge in [0.15, 0.2) is 11.5 Å². The molecule has 0 aromatic heterocycles. The highest BCUT2D eigenvalue weighted by molar-refractivity contribution is 5.49. The Bertz CT molecular complexity index is 355. The van der Waals surface area contributed by atoms with Crippen LogP contribution >= 0.6 is 0 Å². The Labute approximate surface area is 94.6 Å². The summed E-state index contributed by atoms with van der Waals surface area (Å²) in [6.07, 6.45) is 0. The van der Waals surface area contributed by atoms with E-state index >= 15 is 0 Å². The van der Waals surface area contributed by atoms with Gasteiger partial charge in [-0.15, -0.1) is 0 Å². The predicted octanol–water partition coefficient (Wildman–Crippen LogP) is 0.242. The third kappa shape index (κ3) is 2.63. The number of hydrogen-bond donors (Lipinski definition) is 4. The van der Waals surface area contributed by atoms with Gasteiger partial charge in [0.25, 0.3) is 0 Å². The molecule has 0 aliphatic carbocycles. The van der Waals surface area contributed by atoms with Crippen LogP contribution in [-0.4, -0.2) is 23.4 Å². The maximum absolute atomic E-state index is 9.90. The molecule has 0 heterocycles. The molecular weight excluding hydrogens is 208 g/mol. The van der Waals surface area contributed by atoms with Gasteiger partial charge in [-0.25, -0.2) is 0 Å². The van der Waals surface area contributed by atoms with Gasteiger partial charge in [0.1, 0.15) is 0 Å². The molecule has 0 radical (unpaired) electrons. The fourth-order valence-electron chi connectivity index (χ4n) is 1.46. The number of ether oxygens (including phenoxy) is 1. The van der Waals surface area contributed by atoms with Crippen molar-refractivity contribution in [3.8, 4) is 11.5 Å². The van der Waals surface area contributed by atoms with Crippen molar-refractivity contribution >= 4 is 0 Å². The molecule has 1 rings (SSSR count). The van der Waals surface area contributed by atoms with Gasteiger partial charge < -0.3 is 26.4 Å². The Morgan fingerprint density at radius 1 is 1.44 bits per heavy atom. The first-order valence-corrected chi connectivity index (χ1v) is 5.19. The van der Waals surface area contributed by atoms with Crippen molar-refractivity contribution in [2.75, 3.05) is 13.2 Å². The molecule has 1 aromatic rings. The smallest absolute Gasteiger partial charge is 0.162 e. The average Bonchev–Trinajstić information content (AvgIpc) is 2.31. The van der Waals surface area contributed by atoms with Crippen LogP contribution in [0.2, 0.25) is 0 Å². The largest absolute Gasteiger partial charge is 0.504 e. The summed E-state index contributed by atoms with van der Waals surface area (Å²) in [5.41, 5.74) is 12.3. The zero-order valence-electron chi connectivity index (χ0n) is 9.31. The number of nitrogens with two attached hydrogens (primary N) is 2. The fraction of sp³-hybridized carbons (Fsp3) is 0.455. The normalized spacial score (nSPS) is 12.5. The minimum atomic E-state index is -0.467. The molecular formula is C11H18N2O3. The van der Waals surface area contributed by atoms with E-state index in [-0.39, 0.29) is 18.9 Å². The molecule has 5 heteroatoms. The summed E-state index contributed by atoms with van der Waals surface area (Å²) in [5.74, 6) is 0.324. The topological polar surface area (TPSA) is 102 Å². The van der Waals surface area contributed by atoms with Gasteiger partial charge in [-0.05, 0) is 24.6 Å². The summed E-state index contributed by atoms with van der Waals surface area (Å²) in [4.78, 5) is 0. The third-order valence-electron chi connectivity index (χ3n) is 2.30. The van der Waals surface area contributed by atoms with Crippen LogP contribution in [0.1, 0.15) is 24.1 Å². The number of rotatable bonds is 5. The molecule has 1 aromatic carbocycles. The molecule has 0 unspecified atom stereocenters. The quantitative estimate of drug-likeness (QED) is 0.576. The van der Waals surface area contributed by atoms with Crippen LogP contribution in [0, 0.1) is 0 Å². The second kappa shape index (κ2) is 5.69. The first-order valence-electron chi connectivity index (χ1n) is 5.19. The summed E-state index contributed by atoms with van der Waals surface area (Å²) in [5, 5.41) is 19.0. The summed E-state index contributed by atoms with van der Waals surface area (Å²) < 4.78 is 5.26. The second-order valence-corrected chi connectivity index (χ2v) is 3.47. The van der Waals surface area contributed by atoms with Gasteiger partial charge in [-0.3, -0.25) is 0 Å². The monoisotopic (exact) mass is 226 g/mol. The number of aliphatic hydroxyl groups excluding tert-OH is 1. The van der Waals surface area contributed by atoms with Crippen LogP contribution < -0.4 is 16.2 Å². The molecule has 0 fully saturated rings. The van der Waals surface area contributed by atoms with Gasteiger partial charge in [-0.2, -0.15) is 0 Å². The number of aliphatic hydroxyl groups is 1. The summed E-state index contributed by atoms with van der Waals surface area (Å²) >= 11 is 0. The zero-order valence-corrected chi connectivity index (χ0v) is 9.31. The molecule has 16 heavy (non-hydrogen) atoms. The van der Waals surface area contributed by atoms with E-state index in [0.717, 1.165) is 0 Å². The van der Waals surface area contributed by atoms with Crippen LogP contribution in [-0.2, 0) is 6.61 Å². The van der Waals surface area contributed by atoms with E-state index in [9.17, 15) is 5.11 Å². The van der Waals surface area contributed by atoms with E-state index in [4.69, 9.17) is 21.3 Å². The first kappa shape index (κ1) is 12.8. The van der Waals surface area contributed by atoms with E-state index in [1.165, 1.54) is 0 Å². The maximum atomic E-state index is 9.90. The lowest BCUT2D eigenvalue weighted by Gasteiger charge is -2.16. The van der Waals surface area contributed by atoms with Crippen molar-refractivity contribution in [2.24, 2.45) is 11.5 Å². The summed E-state index contributed by atoms with van der Waals surface area (Å²) in [6.45, 7) is 2.33. The van der Waals surface area contributed by atoms with Crippen molar-refractivity contribution in [1.29, 1.82) is 0 Å². The number of phenolic OH excluding ortho intramolecular Hbond substituents is 1. The highest BCUT2D eigenvalue weighted by Crippen LogP contribution is 2.34. The molecule has 5 nitrogen and oxygen atoms in total. The molecule has 0 bridgehead atoms. The van der Waals surface area contributed by atoms with Crippen molar-refractivity contribution < 1.29 is 14.9 Å². The van der Waals surface area contributed by atoms with Crippen molar-refractivity contribution in [1.82, 2.24) is 0 Å². The van der Waals surface area contributed by atoms with Gasteiger partial charge >= 0.3 is 0 Å². The highest BCUT2D eigenvalue weighted by atomic mass is 16.5. The van der Waals surface area contributed by atoms with E-state index in [1.54, 1.807) is 12.1 Å². The van der Waals surface area contributed by atoms with Crippen molar-refractivity contribution in [2.45, 2.75) is 19.6 Å². The van der Waals surface area contributed by atoms with Crippen molar-refractivity contribution in [3.63, 3.8) is 0 Å². The average molecular weight is 226 g/mol. The Morgan fingerprint density at radius 2 is 2.12 bits per heavy atom. The standard InChI is InChI=1S/C11H18N2O3/c1-2-16-10-4-7(6-14)3-8(11(10)15)9(13)5-12/h3-4,9,14-15H,2,5-6,12-13H2,1H3/t9-/m0/s1. The number of benzene rings is 1. The SMILES string of the molecule is CCOc1cc(CO)cc([C@@H](N)CN)c1O. The molecule has 0 aliphatic rings. The Hall–Kier alpha value is -1.30. The van der Waals surface area contributed by atoms with E-state index in [1.807, 2.05) is 6.92 Å². The summed E-state index contributed by atoms with van der Waals surface area (Å²) in [7, 11) is 0. The van der Waals surface area contributed by atoms with E-state index in [0.29, 0.717) is 23.5 Å². The molecule has 0 amide bonds. The minimum Gasteiger partial charge on any atom is -0.504 e. The summed E-state index contributed by atoms with van der Waals surface area (Å²) in [6, 6.07) is 2.76. The third-order valence-corrected chi connectivity index (χ3v) is 2.30. The molecule has 90 valence electrons. The molecule has 0 saturated heterocycles. The maximum Gasteiger partial charge on any atom is 0.162 e. The van der Waals surface area contributed by atoms with Gasteiger partial charge in [-0.1, -0.05) is 0 Å². The minimum absolute atomic E-state index is 0.00278. The lowest BCUT2D eigenvalue weighted by atomic mass is 10.0. The van der Waals surface area contributed by atoms with Crippen LogP contribution in [0.25, 0.3) is 0 Å². The van der Waals surface area contributed by atoms with Gasteiger partial charge in [0.2, 0.25) is 0 Å². The van der Waals surface area contributed by atoms with Gasteiger partial charge in [0.05, 0.1) is 13.2 Å². The highest BCUT2D eigenvalue weighted by Gasteiger charge is 2.15. The second-order valence-electron chi connectivity index (χ2n) is 3.47. The Balaban J connectivity index is 3.19. The van der Waals surface area contributed by atoms with Crippen LogP contribution in [0.15, 0.2) is 12.1 Å². The van der Waals surface area contributed by atoms with E-state index < -0.39 is 6.04 Å². The molecule has 0 saturated carbocycles. The number of hydrogen-bond acceptors (Lipinski definition) is 5. The lowest BCUT2D eigenvalue weighted by molar-refractivity contribution is 0.278. The molecule has 1 atom stereocenters. The molecule has 0 aliphatic heterocycles. The van der Waals surface area contributed by atoms with Crippen LogP contribution in [0.3, 0.4) is 0 Å².